The van der Waals surface area contributed by atoms with Gasteiger partial charge in [-0.3, -0.25) is 0 Å². The van der Waals surface area contributed by atoms with Crippen LogP contribution in [-0.2, 0) is 0 Å². The second kappa shape index (κ2) is 3.14. The third kappa shape index (κ3) is 1.27. The van der Waals surface area contributed by atoms with Crippen LogP contribution in [0.25, 0.3) is 0 Å². The van der Waals surface area contributed by atoms with Crippen LogP contribution in [0.3, 0.4) is 0 Å². The summed E-state index contributed by atoms with van der Waals surface area (Å²) < 4.78 is 0. The summed E-state index contributed by atoms with van der Waals surface area (Å²) >= 11 is 6.08. The highest BCUT2D eigenvalue weighted by Crippen LogP contribution is 2.00. The van der Waals surface area contributed by atoms with E-state index in [9.17, 15) is 0 Å². The normalized spacial score (nSPS) is 10.1. The van der Waals surface area contributed by atoms with E-state index >= 15 is 0 Å². The number of anilines is 1. The van der Waals surface area contributed by atoms with Gasteiger partial charge in [-0.2, -0.15) is 0 Å². The Balaban J connectivity index is 3.60. The Bertz CT molecular complexity index is 234. The van der Waals surface area contributed by atoms with Crippen molar-refractivity contribution in [1.82, 2.24) is 0 Å². The zero-order valence-corrected chi connectivity index (χ0v) is 8.71. The van der Waals surface area contributed by atoms with Crippen LogP contribution >= 0.6 is 11.6 Å². The Morgan fingerprint density at radius 3 is 1.83 bits per heavy atom. The van der Waals surface area contributed by atoms with Crippen molar-refractivity contribution in [3.05, 3.63) is 5.02 Å². The second-order valence-corrected chi connectivity index (χ2v) is 3.61. The number of benzene rings is 1. The smallest absolute Gasteiger partial charge is 0.143 e. The molecule has 0 unspecified atom stereocenters. The van der Waals surface area contributed by atoms with Crippen LogP contribution in [0.1, 0.15) is 0 Å². The molecule has 1 aromatic rings. The van der Waals surface area contributed by atoms with Crippen LogP contribution < -0.4 is 27.6 Å². The summed E-state index contributed by atoms with van der Waals surface area (Å²) in [7, 11) is 8.06. The van der Waals surface area contributed by atoms with E-state index in [0.29, 0.717) is 0 Å². The van der Waals surface area contributed by atoms with Crippen LogP contribution in [0.15, 0.2) is 0 Å². The number of halogens is 1. The molecule has 0 amide bonds. The minimum atomic E-state index is 0.801. The van der Waals surface area contributed by atoms with Crippen molar-refractivity contribution in [3.63, 3.8) is 0 Å². The molecule has 6 heteroatoms. The molecule has 58 valence electrons. The minimum Gasteiger partial charge on any atom is -0.400 e. The molecule has 0 saturated carbocycles. The van der Waals surface area contributed by atoms with Gasteiger partial charge in [-0.25, -0.2) is 0 Å². The summed E-state index contributed by atoms with van der Waals surface area (Å²) in [6.07, 6.45) is 0. The number of hydrogen-bond acceptors (Lipinski definition) is 1. The lowest BCUT2D eigenvalue weighted by Crippen LogP contribution is -2.45. The van der Waals surface area contributed by atoms with Crippen molar-refractivity contribution in [2.75, 3.05) is 5.73 Å². The van der Waals surface area contributed by atoms with Gasteiger partial charge in [0.15, 0.2) is 0 Å². The van der Waals surface area contributed by atoms with E-state index in [0.717, 1.165) is 27.1 Å². The predicted octanol–water partition coefficient (Wildman–Crippen LogP) is -5.04. The standard InChI is InChI=1S/C6H10B4ClN/c7-1-2(8)5(11)4(10)6(12)3(1)9/h7-10,12H2. The highest BCUT2D eigenvalue weighted by molar-refractivity contribution is 6.65. The second-order valence-electron chi connectivity index (χ2n) is 3.23. The summed E-state index contributed by atoms with van der Waals surface area (Å²) in [4.78, 5) is 0. The van der Waals surface area contributed by atoms with E-state index in [2.05, 4.69) is 0 Å². The highest BCUT2D eigenvalue weighted by atomic mass is 35.5. The Hall–Kier alpha value is -0.430. The molecule has 1 aromatic carbocycles. The average Bonchev–Trinajstić information content (AvgIpc) is 2.08. The Morgan fingerprint density at radius 2 is 1.33 bits per heavy atom. The van der Waals surface area contributed by atoms with Gasteiger partial charge >= 0.3 is 0 Å². The molecule has 2 N–H and O–H groups in total. The fraction of sp³-hybridized carbons (Fsp3) is 0. The van der Waals surface area contributed by atoms with Gasteiger partial charge < -0.3 is 5.73 Å². The third-order valence-electron chi connectivity index (χ3n) is 2.59. The van der Waals surface area contributed by atoms with E-state index in [-0.39, 0.29) is 0 Å². The fourth-order valence-electron chi connectivity index (χ4n) is 1.33. The SMILES string of the molecule is Bc1c(B)c(N)c(B)c(Cl)c1B. The molecule has 0 heterocycles. The zero-order chi connectivity index (χ0) is 9.46. The van der Waals surface area contributed by atoms with Crippen LogP contribution in [0.4, 0.5) is 5.69 Å². The van der Waals surface area contributed by atoms with Gasteiger partial charge in [-0.1, -0.05) is 28.0 Å². The first kappa shape index (κ1) is 9.66. The molecule has 12 heavy (non-hydrogen) atoms. The lowest BCUT2D eigenvalue weighted by atomic mass is 9.68. The molecule has 0 fully saturated rings. The molecule has 0 spiro atoms. The van der Waals surface area contributed by atoms with Crippen LogP contribution in [0, 0.1) is 0 Å². The van der Waals surface area contributed by atoms with Gasteiger partial charge in [0.25, 0.3) is 0 Å². The molecule has 1 rings (SSSR count). The molecule has 0 atom stereocenters. The Kier molecular flexibility index (Phi) is 2.52. The molecule has 0 radical (unpaired) electrons. The maximum Gasteiger partial charge on any atom is 0.143 e. The van der Waals surface area contributed by atoms with E-state index in [1.165, 1.54) is 5.46 Å². The Morgan fingerprint density at radius 1 is 0.833 bits per heavy atom. The van der Waals surface area contributed by atoms with Crippen LogP contribution in [0.2, 0.25) is 5.02 Å². The first-order valence-corrected chi connectivity index (χ1v) is 4.36. The third-order valence-corrected chi connectivity index (χ3v) is 3.16. The van der Waals surface area contributed by atoms with Crippen molar-refractivity contribution in [1.29, 1.82) is 0 Å². The quantitative estimate of drug-likeness (QED) is 0.310. The first-order valence-electron chi connectivity index (χ1n) is 3.98. The first-order chi connectivity index (χ1) is 5.46. The van der Waals surface area contributed by atoms with Crippen molar-refractivity contribution in [3.8, 4) is 0 Å². The van der Waals surface area contributed by atoms with Crippen molar-refractivity contribution in [2.24, 2.45) is 0 Å². The average molecular weight is 175 g/mol. The molecule has 0 aliphatic rings. The van der Waals surface area contributed by atoms with Gasteiger partial charge in [0.05, 0.1) is 0 Å². The summed E-state index contributed by atoms with van der Waals surface area (Å²) in [5.74, 6) is 0. The van der Waals surface area contributed by atoms with Crippen molar-refractivity contribution >= 4 is 70.5 Å². The lowest BCUT2D eigenvalue weighted by Gasteiger charge is -2.14. The van der Waals surface area contributed by atoms with E-state index in [4.69, 9.17) is 17.3 Å². The molecule has 0 bridgehead atoms. The molecule has 0 aliphatic carbocycles. The summed E-state index contributed by atoms with van der Waals surface area (Å²) in [5, 5.41) is 0.801. The fourth-order valence-corrected chi connectivity index (χ4v) is 1.57. The van der Waals surface area contributed by atoms with Crippen LogP contribution in [0.5, 0.6) is 0 Å². The van der Waals surface area contributed by atoms with Gasteiger partial charge in [0, 0.05) is 10.7 Å². The van der Waals surface area contributed by atoms with E-state index in [1.54, 1.807) is 0 Å². The monoisotopic (exact) mass is 175 g/mol. The number of nitrogen functional groups attached to an aromatic ring is 1. The molecular weight excluding hydrogens is 165 g/mol. The summed E-state index contributed by atoms with van der Waals surface area (Å²) in [5.41, 5.74) is 11.2. The van der Waals surface area contributed by atoms with E-state index in [1.807, 2.05) is 31.4 Å². The summed E-state index contributed by atoms with van der Waals surface area (Å²) in [6.45, 7) is 0. The van der Waals surface area contributed by atoms with Gasteiger partial charge in [-0.05, 0) is 5.46 Å². The number of hydrogen-bond donors (Lipinski definition) is 1. The van der Waals surface area contributed by atoms with E-state index < -0.39 is 0 Å². The summed E-state index contributed by atoms with van der Waals surface area (Å²) in [6, 6.07) is 0. The Labute approximate surface area is 81.7 Å². The van der Waals surface area contributed by atoms with Crippen molar-refractivity contribution in [2.45, 2.75) is 0 Å². The largest absolute Gasteiger partial charge is 0.400 e. The molecular formula is C6H10B4ClN. The topological polar surface area (TPSA) is 26.0 Å². The molecule has 0 aromatic heterocycles. The maximum absolute atomic E-state index is 6.08. The minimum absolute atomic E-state index is 0.801. The van der Waals surface area contributed by atoms with Crippen molar-refractivity contribution < 1.29 is 0 Å². The van der Waals surface area contributed by atoms with Gasteiger partial charge in [0.2, 0.25) is 0 Å². The van der Waals surface area contributed by atoms with Gasteiger partial charge in [-0.15, -0.1) is 0 Å². The van der Waals surface area contributed by atoms with Gasteiger partial charge in [0.1, 0.15) is 31.4 Å². The maximum atomic E-state index is 6.08. The highest BCUT2D eigenvalue weighted by Gasteiger charge is 2.09. The number of rotatable bonds is 0. The molecule has 0 aliphatic heterocycles. The molecule has 0 saturated heterocycles. The lowest BCUT2D eigenvalue weighted by molar-refractivity contribution is 1.88. The zero-order valence-electron chi connectivity index (χ0n) is 7.96. The molecule has 1 nitrogen and oxygen atoms in total. The number of nitrogens with two attached hydrogens (primary N) is 1. The predicted molar refractivity (Wildman–Crippen MR) is 68.6 cm³/mol. The van der Waals surface area contributed by atoms with Crippen LogP contribution in [-0.4, -0.2) is 31.4 Å².